The van der Waals surface area contributed by atoms with E-state index in [0.717, 1.165) is 0 Å². The molecule has 1 aliphatic carbocycles. The fourth-order valence-electron chi connectivity index (χ4n) is 3.10. The predicted molar refractivity (Wildman–Crippen MR) is 71.8 cm³/mol. The van der Waals surface area contributed by atoms with Crippen LogP contribution in [0.5, 0.6) is 0 Å². The summed E-state index contributed by atoms with van der Waals surface area (Å²) in [6.45, 7) is 9.72. The molecule has 1 saturated heterocycles. The van der Waals surface area contributed by atoms with E-state index in [1.165, 1.54) is 0 Å². The van der Waals surface area contributed by atoms with Gasteiger partial charge in [0.15, 0.2) is 0 Å². The molecule has 0 aromatic heterocycles. The van der Waals surface area contributed by atoms with Crippen molar-refractivity contribution >= 4 is 12.0 Å². The second-order valence-corrected chi connectivity index (χ2v) is 6.93. The van der Waals surface area contributed by atoms with E-state index in [1.807, 2.05) is 0 Å². The van der Waals surface area contributed by atoms with Crippen LogP contribution in [-0.4, -0.2) is 41.1 Å². The van der Waals surface area contributed by atoms with Crippen LogP contribution in [0.3, 0.4) is 0 Å². The normalized spacial score (nSPS) is 26.0. The number of rotatable bonds is 2. The number of nitrogens with one attached hydrogen (secondary N) is 1. The summed E-state index contributed by atoms with van der Waals surface area (Å²) in [5, 5.41) is 12.0. The summed E-state index contributed by atoms with van der Waals surface area (Å²) in [5.41, 5.74) is 0.254. The zero-order valence-electron chi connectivity index (χ0n) is 12.2. The SMILES string of the molecule is CC1(C)C(NC(=O)N2CCC(C(=O)O)CC2)C1(C)C. The highest BCUT2D eigenvalue weighted by Gasteiger charge is 2.65. The van der Waals surface area contributed by atoms with E-state index in [2.05, 4.69) is 33.0 Å². The van der Waals surface area contributed by atoms with Gasteiger partial charge in [-0.2, -0.15) is 0 Å². The molecule has 2 fully saturated rings. The second kappa shape index (κ2) is 4.39. The number of amides is 2. The lowest BCUT2D eigenvalue weighted by atomic mass is 9.97. The molecule has 0 aromatic carbocycles. The number of carboxylic acid groups (broad SMARTS) is 1. The van der Waals surface area contributed by atoms with Crippen molar-refractivity contribution in [3.63, 3.8) is 0 Å². The quantitative estimate of drug-likeness (QED) is 0.804. The highest BCUT2D eigenvalue weighted by Crippen LogP contribution is 2.62. The van der Waals surface area contributed by atoms with E-state index in [9.17, 15) is 9.59 Å². The van der Waals surface area contributed by atoms with E-state index in [-0.39, 0.29) is 28.8 Å². The number of aliphatic carboxylic acids is 1. The Morgan fingerprint density at radius 2 is 1.58 bits per heavy atom. The maximum absolute atomic E-state index is 12.2. The summed E-state index contributed by atoms with van der Waals surface area (Å²) in [6.07, 6.45) is 1.11. The molecule has 0 bridgehead atoms. The van der Waals surface area contributed by atoms with Gasteiger partial charge in [-0.25, -0.2) is 4.79 Å². The average molecular weight is 268 g/mol. The third-order valence-corrected chi connectivity index (χ3v) is 5.42. The first-order valence-electron chi connectivity index (χ1n) is 6.96. The van der Waals surface area contributed by atoms with E-state index in [0.29, 0.717) is 25.9 Å². The molecular weight excluding hydrogens is 244 g/mol. The molecule has 1 saturated carbocycles. The Balaban J connectivity index is 1.85. The fourth-order valence-corrected chi connectivity index (χ4v) is 3.10. The molecule has 0 atom stereocenters. The van der Waals surface area contributed by atoms with Crippen molar-refractivity contribution in [2.24, 2.45) is 16.7 Å². The Bertz CT molecular complexity index is 381. The highest BCUT2D eigenvalue weighted by atomic mass is 16.4. The first-order valence-corrected chi connectivity index (χ1v) is 6.96. The largest absolute Gasteiger partial charge is 0.481 e. The van der Waals surface area contributed by atoms with Crippen molar-refractivity contribution in [1.29, 1.82) is 0 Å². The molecule has 19 heavy (non-hydrogen) atoms. The molecule has 0 aromatic rings. The van der Waals surface area contributed by atoms with Crippen molar-refractivity contribution < 1.29 is 14.7 Å². The number of carbonyl (C=O) groups is 2. The Morgan fingerprint density at radius 3 is 1.95 bits per heavy atom. The van der Waals surface area contributed by atoms with Gasteiger partial charge in [0, 0.05) is 19.1 Å². The number of carbonyl (C=O) groups excluding carboxylic acids is 1. The van der Waals surface area contributed by atoms with Crippen LogP contribution in [0.2, 0.25) is 0 Å². The standard InChI is InChI=1S/C14H24N2O3/c1-13(2)11(14(13,3)4)15-12(19)16-7-5-9(6-8-16)10(17)18/h9,11H,5-8H2,1-4H3,(H,15,19)(H,17,18). The lowest BCUT2D eigenvalue weighted by Gasteiger charge is -2.30. The van der Waals surface area contributed by atoms with Crippen LogP contribution < -0.4 is 5.32 Å². The number of hydrogen-bond acceptors (Lipinski definition) is 2. The fraction of sp³-hybridized carbons (Fsp3) is 0.857. The minimum atomic E-state index is -0.746. The first-order chi connectivity index (χ1) is 8.68. The van der Waals surface area contributed by atoms with Crippen molar-refractivity contribution in [1.82, 2.24) is 10.2 Å². The lowest BCUT2D eigenvalue weighted by Crippen LogP contribution is -2.47. The minimum absolute atomic E-state index is 0.0486. The molecule has 0 spiro atoms. The van der Waals surface area contributed by atoms with Gasteiger partial charge < -0.3 is 15.3 Å². The minimum Gasteiger partial charge on any atom is -0.481 e. The van der Waals surface area contributed by atoms with Gasteiger partial charge in [-0.15, -0.1) is 0 Å². The molecule has 0 unspecified atom stereocenters. The van der Waals surface area contributed by atoms with Gasteiger partial charge in [0.05, 0.1) is 5.92 Å². The third-order valence-electron chi connectivity index (χ3n) is 5.42. The van der Waals surface area contributed by atoms with Crippen molar-refractivity contribution in [3.8, 4) is 0 Å². The number of hydrogen-bond donors (Lipinski definition) is 2. The summed E-state index contributed by atoms with van der Waals surface area (Å²) in [7, 11) is 0. The molecule has 5 nitrogen and oxygen atoms in total. The Labute approximate surface area is 114 Å². The van der Waals surface area contributed by atoms with E-state index < -0.39 is 5.97 Å². The molecule has 2 amide bonds. The van der Waals surface area contributed by atoms with Crippen LogP contribution in [0, 0.1) is 16.7 Å². The van der Waals surface area contributed by atoms with Crippen molar-refractivity contribution in [3.05, 3.63) is 0 Å². The topological polar surface area (TPSA) is 69.6 Å². The van der Waals surface area contributed by atoms with Gasteiger partial charge in [0.1, 0.15) is 0 Å². The van der Waals surface area contributed by atoms with Crippen LogP contribution >= 0.6 is 0 Å². The van der Waals surface area contributed by atoms with Gasteiger partial charge in [-0.05, 0) is 23.7 Å². The molecule has 2 rings (SSSR count). The summed E-state index contributed by atoms with van der Waals surface area (Å²) >= 11 is 0. The van der Waals surface area contributed by atoms with Crippen molar-refractivity contribution in [2.75, 3.05) is 13.1 Å². The van der Waals surface area contributed by atoms with Crippen LogP contribution in [0.4, 0.5) is 4.79 Å². The Hall–Kier alpha value is -1.26. The third kappa shape index (κ3) is 2.30. The Kier molecular flexibility index (Phi) is 3.27. The molecule has 2 N–H and O–H groups in total. The predicted octanol–water partition coefficient (Wildman–Crippen LogP) is 1.93. The number of urea groups is 1. The van der Waals surface area contributed by atoms with Crippen LogP contribution in [0.25, 0.3) is 0 Å². The van der Waals surface area contributed by atoms with Crippen molar-refractivity contribution in [2.45, 2.75) is 46.6 Å². The van der Waals surface area contributed by atoms with Crippen LogP contribution in [0.1, 0.15) is 40.5 Å². The molecule has 1 aliphatic heterocycles. The summed E-state index contributed by atoms with van der Waals surface area (Å²) in [4.78, 5) is 24.8. The number of carboxylic acids is 1. The summed E-state index contributed by atoms with van der Waals surface area (Å²) < 4.78 is 0. The summed E-state index contributed by atoms with van der Waals surface area (Å²) in [5.74, 6) is -1.04. The second-order valence-electron chi connectivity index (χ2n) is 6.93. The molecule has 2 aliphatic rings. The zero-order valence-corrected chi connectivity index (χ0v) is 12.2. The number of nitrogens with zero attached hydrogens (tertiary/aromatic N) is 1. The number of likely N-dealkylation sites (tertiary alicyclic amines) is 1. The Morgan fingerprint density at radius 1 is 1.11 bits per heavy atom. The summed E-state index contributed by atoms with van der Waals surface area (Å²) in [6, 6.07) is 0.150. The first kappa shape index (κ1) is 14.2. The monoisotopic (exact) mass is 268 g/mol. The van der Waals surface area contributed by atoms with Gasteiger partial charge in [-0.3, -0.25) is 4.79 Å². The van der Waals surface area contributed by atoms with Crippen LogP contribution in [-0.2, 0) is 4.79 Å². The molecule has 5 heteroatoms. The highest BCUT2D eigenvalue weighted by molar-refractivity contribution is 5.76. The van der Waals surface area contributed by atoms with Gasteiger partial charge in [0.2, 0.25) is 0 Å². The molecule has 0 radical (unpaired) electrons. The number of piperidine rings is 1. The van der Waals surface area contributed by atoms with Gasteiger partial charge in [-0.1, -0.05) is 27.7 Å². The smallest absolute Gasteiger partial charge is 0.317 e. The van der Waals surface area contributed by atoms with E-state index in [1.54, 1.807) is 4.90 Å². The maximum Gasteiger partial charge on any atom is 0.317 e. The van der Waals surface area contributed by atoms with Crippen LogP contribution in [0.15, 0.2) is 0 Å². The molecule has 108 valence electrons. The zero-order chi connectivity index (χ0) is 14.4. The van der Waals surface area contributed by atoms with E-state index in [4.69, 9.17) is 5.11 Å². The van der Waals surface area contributed by atoms with E-state index >= 15 is 0 Å². The van der Waals surface area contributed by atoms with Gasteiger partial charge >= 0.3 is 12.0 Å². The lowest BCUT2D eigenvalue weighted by molar-refractivity contribution is -0.143. The molecule has 1 heterocycles. The van der Waals surface area contributed by atoms with Gasteiger partial charge in [0.25, 0.3) is 0 Å². The maximum atomic E-state index is 12.2. The average Bonchev–Trinajstić information content (AvgIpc) is 2.71. The molecular formula is C14H24N2O3.